The van der Waals surface area contributed by atoms with E-state index in [1.165, 1.54) is 0 Å². The number of carbonyl (C=O) groups is 2. The highest BCUT2D eigenvalue weighted by atomic mass is 16.5. The summed E-state index contributed by atoms with van der Waals surface area (Å²) in [6.07, 6.45) is 3.32. The summed E-state index contributed by atoms with van der Waals surface area (Å²) in [5.41, 5.74) is -1.73. The van der Waals surface area contributed by atoms with Gasteiger partial charge in [0.05, 0.1) is 11.1 Å². The Morgan fingerprint density at radius 3 is 2.29 bits per heavy atom. The number of ketones is 1. The number of carbonyl (C=O) groups excluding carboxylic acids is 2. The lowest BCUT2D eigenvalue weighted by molar-refractivity contribution is -0.164. The van der Waals surface area contributed by atoms with E-state index in [0.717, 1.165) is 38.9 Å². The minimum absolute atomic E-state index is 0.0691. The number of Topliss-reactive ketones (excluding diaryl/α,β-unsaturated/α-hetero) is 1. The Bertz CT molecular complexity index is 571. The molecule has 2 aliphatic heterocycles. The van der Waals surface area contributed by atoms with Gasteiger partial charge < -0.3 is 14.8 Å². The zero-order valence-electron chi connectivity index (χ0n) is 18.9. The van der Waals surface area contributed by atoms with E-state index in [9.17, 15) is 9.59 Å². The summed E-state index contributed by atoms with van der Waals surface area (Å²) in [7, 11) is 3.86. The number of cyclic esters (lactones) is 1. The van der Waals surface area contributed by atoms with E-state index in [1.807, 2.05) is 6.92 Å². The van der Waals surface area contributed by atoms with E-state index in [0.29, 0.717) is 18.9 Å². The predicted octanol–water partition coefficient (Wildman–Crippen LogP) is 2.65. The standard InChI is InChI=1S/C22H40N2O4/c1-16-12-21(5,27-7)13-17(2)18(25)20(3,4)19(26)28-15-22(24(6)14-16)8-10-23-11-9-22/h16-17,23H,8-15H2,1-7H3. The maximum absolute atomic E-state index is 13.1. The molecule has 6 heteroatoms. The summed E-state index contributed by atoms with van der Waals surface area (Å²) in [5, 5.41) is 3.41. The van der Waals surface area contributed by atoms with Crippen molar-refractivity contribution in [2.75, 3.05) is 40.4 Å². The summed E-state index contributed by atoms with van der Waals surface area (Å²) in [5.74, 6) is -0.359. The van der Waals surface area contributed by atoms with Crippen molar-refractivity contribution in [1.29, 1.82) is 0 Å². The third-order valence-corrected chi connectivity index (χ3v) is 6.99. The average molecular weight is 397 g/mol. The summed E-state index contributed by atoms with van der Waals surface area (Å²) in [6.45, 7) is 12.7. The van der Waals surface area contributed by atoms with Crippen LogP contribution in [0.2, 0.25) is 0 Å². The molecule has 2 fully saturated rings. The van der Waals surface area contributed by atoms with Gasteiger partial charge in [-0.3, -0.25) is 14.5 Å². The van der Waals surface area contributed by atoms with E-state index in [4.69, 9.17) is 9.47 Å². The van der Waals surface area contributed by atoms with E-state index >= 15 is 0 Å². The molecule has 0 aromatic heterocycles. The number of rotatable bonds is 1. The number of ether oxygens (including phenoxy) is 2. The van der Waals surface area contributed by atoms with Gasteiger partial charge in [0.15, 0.2) is 5.78 Å². The fourth-order valence-corrected chi connectivity index (χ4v) is 5.08. The van der Waals surface area contributed by atoms with E-state index in [2.05, 4.69) is 31.1 Å². The Morgan fingerprint density at radius 1 is 1.11 bits per heavy atom. The monoisotopic (exact) mass is 396 g/mol. The number of methoxy groups -OCH3 is 1. The van der Waals surface area contributed by atoms with Crippen LogP contribution in [0.5, 0.6) is 0 Å². The minimum atomic E-state index is -1.15. The van der Waals surface area contributed by atoms with Gasteiger partial charge in [-0.15, -0.1) is 0 Å². The number of piperidine rings is 1. The van der Waals surface area contributed by atoms with Crippen LogP contribution in [0.1, 0.15) is 60.3 Å². The summed E-state index contributed by atoms with van der Waals surface area (Å²) >= 11 is 0. The Morgan fingerprint density at radius 2 is 1.71 bits per heavy atom. The van der Waals surface area contributed by atoms with Crippen LogP contribution in [0.15, 0.2) is 0 Å². The summed E-state index contributed by atoms with van der Waals surface area (Å²) < 4.78 is 11.7. The van der Waals surface area contributed by atoms with Gasteiger partial charge in [-0.2, -0.15) is 0 Å². The first-order valence-corrected chi connectivity index (χ1v) is 10.6. The maximum Gasteiger partial charge on any atom is 0.319 e. The molecule has 6 nitrogen and oxygen atoms in total. The zero-order chi connectivity index (χ0) is 21.2. The molecule has 0 amide bonds. The molecule has 1 spiro atoms. The average Bonchev–Trinajstić information content (AvgIpc) is 2.65. The Hall–Kier alpha value is -0.980. The topological polar surface area (TPSA) is 67.9 Å². The predicted molar refractivity (Wildman–Crippen MR) is 110 cm³/mol. The molecule has 0 aliphatic carbocycles. The van der Waals surface area contributed by atoms with Crippen molar-refractivity contribution >= 4 is 11.8 Å². The first-order chi connectivity index (χ1) is 13.0. The minimum Gasteiger partial charge on any atom is -0.463 e. The molecule has 3 atom stereocenters. The molecule has 2 rings (SSSR count). The lowest BCUT2D eigenvalue weighted by atomic mass is 9.76. The molecule has 1 N–H and O–H groups in total. The van der Waals surface area contributed by atoms with Crippen molar-refractivity contribution in [2.24, 2.45) is 17.3 Å². The Labute approximate surface area is 170 Å². The van der Waals surface area contributed by atoms with Crippen LogP contribution in [0, 0.1) is 17.3 Å². The molecule has 28 heavy (non-hydrogen) atoms. The largest absolute Gasteiger partial charge is 0.463 e. The molecular weight excluding hydrogens is 356 g/mol. The highest BCUT2D eigenvalue weighted by Gasteiger charge is 2.45. The van der Waals surface area contributed by atoms with Gasteiger partial charge in [0.25, 0.3) is 0 Å². The molecule has 162 valence electrons. The molecule has 2 saturated heterocycles. The van der Waals surface area contributed by atoms with Crippen LogP contribution in [0.25, 0.3) is 0 Å². The van der Waals surface area contributed by atoms with Gasteiger partial charge in [-0.05, 0) is 72.5 Å². The van der Waals surface area contributed by atoms with Crippen molar-refractivity contribution < 1.29 is 19.1 Å². The van der Waals surface area contributed by atoms with Gasteiger partial charge in [0.1, 0.15) is 12.0 Å². The molecule has 0 saturated carbocycles. The van der Waals surface area contributed by atoms with Gasteiger partial charge in [-0.1, -0.05) is 13.8 Å². The number of esters is 1. The van der Waals surface area contributed by atoms with Crippen molar-refractivity contribution in [1.82, 2.24) is 10.2 Å². The highest BCUT2D eigenvalue weighted by molar-refractivity contribution is 6.03. The van der Waals surface area contributed by atoms with Crippen LogP contribution >= 0.6 is 0 Å². The van der Waals surface area contributed by atoms with Gasteiger partial charge in [-0.25, -0.2) is 0 Å². The van der Waals surface area contributed by atoms with Crippen LogP contribution in [0.3, 0.4) is 0 Å². The van der Waals surface area contributed by atoms with Crippen molar-refractivity contribution in [3.8, 4) is 0 Å². The molecule has 2 aliphatic rings. The van der Waals surface area contributed by atoms with Crippen LogP contribution in [0.4, 0.5) is 0 Å². The summed E-state index contributed by atoms with van der Waals surface area (Å²) in [6, 6.07) is 0. The van der Waals surface area contributed by atoms with Gasteiger partial charge >= 0.3 is 5.97 Å². The Kier molecular flexibility index (Phi) is 7.32. The normalized spacial score (nSPS) is 35.5. The SMILES string of the molecule is COC1(C)CC(C)CN(C)C2(CCNCC2)COC(=O)C(C)(C)C(=O)C(C)C1. The number of nitrogens with one attached hydrogen (secondary N) is 1. The molecule has 3 unspecified atom stereocenters. The number of likely N-dealkylation sites (N-methyl/N-ethyl adjacent to an activating group) is 1. The van der Waals surface area contributed by atoms with Gasteiger partial charge in [0, 0.05) is 19.6 Å². The molecular formula is C22H40N2O4. The van der Waals surface area contributed by atoms with Crippen LogP contribution < -0.4 is 5.32 Å². The smallest absolute Gasteiger partial charge is 0.319 e. The maximum atomic E-state index is 13.1. The van der Waals surface area contributed by atoms with Crippen LogP contribution in [-0.4, -0.2) is 68.2 Å². The molecule has 0 radical (unpaired) electrons. The lowest BCUT2D eigenvalue weighted by Gasteiger charge is -2.46. The number of nitrogens with zero attached hydrogens (tertiary/aromatic N) is 1. The second kappa shape index (κ2) is 8.80. The van der Waals surface area contributed by atoms with Crippen molar-refractivity contribution in [2.45, 2.75) is 71.4 Å². The third-order valence-electron chi connectivity index (χ3n) is 6.99. The second-order valence-corrected chi connectivity index (χ2v) is 9.99. The molecule has 0 aromatic carbocycles. The third kappa shape index (κ3) is 4.95. The van der Waals surface area contributed by atoms with Gasteiger partial charge in [0.2, 0.25) is 0 Å². The fourth-order valence-electron chi connectivity index (χ4n) is 5.08. The van der Waals surface area contributed by atoms with Crippen LogP contribution in [-0.2, 0) is 19.1 Å². The molecule has 0 aromatic rings. The fraction of sp³-hybridized carbons (Fsp3) is 0.909. The van der Waals surface area contributed by atoms with E-state index in [-0.39, 0.29) is 17.2 Å². The molecule has 2 heterocycles. The number of hydrogen-bond acceptors (Lipinski definition) is 6. The molecule has 0 bridgehead atoms. The van der Waals surface area contributed by atoms with Crippen molar-refractivity contribution in [3.05, 3.63) is 0 Å². The first-order valence-electron chi connectivity index (χ1n) is 10.6. The number of hydrogen-bond donors (Lipinski definition) is 1. The first kappa shape index (κ1) is 23.3. The summed E-state index contributed by atoms with van der Waals surface area (Å²) in [4.78, 5) is 28.4. The lowest BCUT2D eigenvalue weighted by Crippen LogP contribution is -2.57. The quantitative estimate of drug-likeness (QED) is 0.543. The Balaban J connectivity index is 2.38. The zero-order valence-corrected chi connectivity index (χ0v) is 18.9. The second-order valence-electron chi connectivity index (χ2n) is 9.99. The van der Waals surface area contributed by atoms with E-state index < -0.39 is 17.0 Å². The van der Waals surface area contributed by atoms with E-state index in [1.54, 1.807) is 21.0 Å². The van der Waals surface area contributed by atoms with Crippen molar-refractivity contribution in [3.63, 3.8) is 0 Å². The highest BCUT2D eigenvalue weighted by Crippen LogP contribution is 2.35.